The lowest BCUT2D eigenvalue weighted by Gasteiger charge is -2.34. The molecule has 0 radical (unpaired) electrons. The average Bonchev–Trinajstić information content (AvgIpc) is 2.67. The van der Waals surface area contributed by atoms with E-state index >= 15 is 0 Å². The molecule has 0 saturated carbocycles. The van der Waals surface area contributed by atoms with Gasteiger partial charge in [0.05, 0.1) is 7.11 Å². The Hall–Kier alpha value is -2.83. The number of carbonyl (C=O) groups excluding carboxylic acids is 1. The van der Waals surface area contributed by atoms with Crippen LogP contribution < -0.4 is 15.0 Å². The highest BCUT2D eigenvalue weighted by Crippen LogP contribution is 2.12. The fourth-order valence-corrected chi connectivity index (χ4v) is 2.60. The zero-order valence-electron chi connectivity index (χ0n) is 13.7. The number of urea groups is 1. The summed E-state index contributed by atoms with van der Waals surface area (Å²) in [4.78, 5) is 24.7. The maximum Gasteiger partial charge on any atom is 0.317 e. The number of benzene rings is 1. The van der Waals surface area contributed by atoms with Crippen molar-refractivity contribution < 1.29 is 9.53 Å². The third-order valence-electron chi connectivity index (χ3n) is 4.00. The number of anilines is 1. The van der Waals surface area contributed by atoms with Gasteiger partial charge in [-0.05, 0) is 23.8 Å². The van der Waals surface area contributed by atoms with Crippen molar-refractivity contribution in [2.24, 2.45) is 0 Å². The summed E-state index contributed by atoms with van der Waals surface area (Å²) in [6.07, 6.45) is 3.46. The number of nitrogens with zero attached hydrogens (tertiary/aromatic N) is 4. The largest absolute Gasteiger partial charge is 0.497 e. The normalized spacial score (nSPS) is 14.4. The summed E-state index contributed by atoms with van der Waals surface area (Å²) in [6.45, 7) is 3.30. The molecule has 1 aliphatic heterocycles. The Balaban J connectivity index is 1.46. The number of rotatable bonds is 4. The van der Waals surface area contributed by atoms with Crippen LogP contribution in [0.5, 0.6) is 5.75 Å². The lowest BCUT2D eigenvalue weighted by atomic mass is 10.2. The molecule has 0 unspecified atom stereocenters. The smallest absolute Gasteiger partial charge is 0.317 e. The van der Waals surface area contributed by atoms with Gasteiger partial charge in [0.25, 0.3) is 0 Å². The minimum atomic E-state index is -0.0422. The zero-order chi connectivity index (χ0) is 16.8. The molecule has 1 saturated heterocycles. The fourth-order valence-electron chi connectivity index (χ4n) is 2.60. The van der Waals surface area contributed by atoms with Gasteiger partial charge in [-0.25, -0.2) is 14.8 Å². The SMILES string of the molecule is COc1ccc(CNC(=O)N2CCN(c3ncccn3)CC2)cc1. The third-order valence-corrected chi connectivity index (χ3v) is 4.00. The van der Waals surface area contributed by atoms with Crippen molar-refractivity contribution in [1.29, 1.82) is 0 Å². The van der Waals surface area contributed by atoms with Gasteiger partial charge in [-0.15, -0.1) is 0 Å². The van der Waals surface area contributed by atoms with Crippen molar-refractivity contribution in [3.05, 3.63) is 48.3 Å². The van der Waals surface area contributed by atoms with Crippen molar-refractivity contribution in [3.8, 4) is 5.75 Å². The summed E-state index contributed by atoms with van der Waals surface area (Å²) in [7, 11) is 1.64. The highest BCUT2D eigenvalue weighted by atomic mass is 16.5. The first-order chi connectivity index (χ1) is 11.8. The second kappa shape index (κ2) is 7.63. The minimum absolute atomic E-state index is 0.0422. The van der Waals surface area contributed by atoms with E-state index in [2.05, 4.69) is 20.2 Å². The molecule has 2 aromatic rings. The van der Waals surface area contributed by atoms with Gasteiger partial charge in [-0.1, -0.05) is 12.1 Å². The van der Waals surface area contributed by atoms with E-state index in [1.54, 1.807) is 25.6 Å². The predicted molar refractivity (Wildman–Crippen MR) is 91.0 cm³/mol. The summed E-state index contributed by atoms with van der Waals surface area (Å²) >= 11 is 0. The van der Waals surface area contributed by atoms with Crippen LogP contribution in [0.1, 0.15) is 5.56 Å². The summed E-state index contributed by atoms with van der Waals surface area (Å²) in [5.41, 5.74) is 1.04. The van der Waals surface area contributed by atoms with Crippen LogP contribution in [0.2, 0.25) is 0 Å². The van der Waals surface area contributed by atoms with Crippen molar-refractivity contribution in [3.63, 3.8) is 0 Å². The number of ether oxygens (including phenoxy) is 1. The summed E-state index contributed by atoms with van der Waals surface area (Å²) < 4.78 is 5.13. The van der Waals surface area contributed by atoms with Crippen LogP contribution in [0, 0.1) is 0 Å². The van der Waals surface area contributed by atoms with Crippen LogP contribution in [-0.2, 0) is 6.54 Å². The number of hydrogen-bond donors (Lipinski definition) is 1. The van der Waals surface area contributed by atoms with E-state index in [0.29, 0.717) is 19.6 Å². The number of aromatic nitrogens is 2. The highest BCUT2D eigenvalue weighted by Gasteiger charge is 2.22. The van der Waals surface area contributed by atoms with Crippen molar-refractivity contribution in [2.75, 3.05) is 38.2 Å². The third kappa shape index (κ3) is 3.92. The van der Waals surface area contributed by atoms with Gasteiger partial charge in [0.2, 0.25) is 5.95 Å². The van der Waals surface area contributed by atoms with E-state index in [1.807, 2.05) is 29.2 Å². The summed E-state index contributed by atoms with van der Waals surface area (Å²) in [5.74, 6) is 1.53. The van der Waals surface area contributed by atoms with Gasteiger partial charge < -0.3 is 19.9 Å². The topological polar surface area (TPSA) is 70.6 Å². The van der Waals surface area contributed by atoms with Crippen LogP contribution >= 0.6 is 0 Å². The molecule has 1 aromatic carbocycles. The van der Waals surface area contributed by atoms with E-state index in [0.717, 1.165) is 30.4 Å². The standard InChI is InChI=1S/C17H21N5O2/c1-24-15-5-3-14(4-6-15)13-20-17(23)22-11-9-21(10-12-22)16-18-7-2-8-19-16/h2-8H,9-13H2,1H3,(H,20,23). The number of piperazine rings is 1. The van der Waals surface area contributed by atoms with Crippen LogP contribution in [0.25, 0.3) is 0 Å². The second-order valence-corrected chi connectivity index (χ2v) is 5.53. The van der Waals surface area contributed by atoms with Gasteiger partial charge in [0, 0.05) is 45.1 Å². The van der Waals surface area contributed by atoms with E-state index in [9.17, 15) is 4.79 Å². The van der Waals surface area contributed by atoms with Crippen LogP contribution in [0.4, 0.5) is 10.7 Å². The molecule has 1 fully saturated rings. The molecule has 24 heavy (non-hydrogen) atoms. The molecular formula is C17H21N5O2. The zero-order valence-corrected chi connectivity index (χ0v) is 13.7. The van der Waals surface area contributed by atoms with Gasteiger partial charge in [-0.2, -0.15) is 0 Å². The molecule has 1 aromatic heterocycles. The molecule has 1 N–H and O–H groups in total. The number of carbonyl (C=O) groups is 1. The van der Waals surface area contributed by atoms with E-state index in [1.165, 1.54) is 0 Å². The van der Waals surface area contributed by atoms with Crippen LogP contribution in [-0.4, -0.2) is 54.2 Å². The van der Waals surface area contributed by atoms with Gasteiger partial charge in [0.15, 0.2) is 0 Å². The second-order valence-electron chi connectivity index (χ2n) is 5.53. The summed E-state index contributed by atoms with van der Waals surface area (Å²) in [6, 6.07) is 9.43. The van der Waals surface area contributed by atoms with E-state index in [-0.39, 0.29) is 6.03 Å². The Kier molecular flexibility index (Phi) is 5.10. The maximum atomic E-state index is 12.3. The molecule has 0 bridgehead atoms. The predicted octanol–water partition coefficient (Wildman–Crippen LogP) is 1.52. The molecule has 0 spiro atoms. The van der Waals surface area contributed by atoms with Crippen molar-refractivity contribution >= 4 is 12.0 Å². The fraction of sp³-hybridized carbons (Fsp3) is 0.353. The van der Waals surface area contributed by atoms with E-state index in [4.69, 9.17) is 4.74 Å². The molecule has 7 nitrogen and oxygen atoms in total. The number of hydrogen-bond acceptors (Lipinski definition) is 5. The van der Waals surface area contributed by atoms with Gasteiger partial charge in [0.1, 0.15) is 5.75 Å². The van der Waals surface area contributed by atoms with Crippen molar-refractivity contribution in [1.82, 2.24) is 20.2 Å². The monoisotopic (exact) mass is 327 g/mol. The Morgan fingerprint density at radius 1 is 1.12 bits per heavy atom. The molecule has 0 atom stereocenters. The molecule has 3 rings (SSSR count). The molecule has 7 heteroatoms. The molecule has 2 heterocycles. The number of amides is 2. The van der Waals surface area contributed by atoms with Gasteiger partial charge >= 0.3 is 6.03 Å². The molecule has 0 aliphatic carbocycles. The van der Waals surface area contributed by atoms with E-state index < -0.39 is 0 Å². The molecular weight excluding hydrogens is 306 g/mol. The van der Waals surface area contributed by atoms with Crippen LogP contribution in [0.15, 0.2) is 42.7 Å². The quantitative estimate of drug-likeness (QED) is 0.922. The Morgan fingerprint density at radius 2 is 1.79 bits per heavy atom. The maximum absolute atomic E-state index is 12.3. The lowest BCUT2D eigenvalue weighted by Crippen LogP contribution is -2.52. The first-order valence-electron chi connectivity index (χ1n) is 7.94. The molecule has 1 aliphatic rings. The average molecular weight is 327 g/mol. The summed E-state index contributed by atoms with van der Waals surface area (Å²) in [5, 5.41) is 2.96. The minimum Gasteiger partial charge on any atom is -0.497 e. The van der Waals surface area contributed by atoms with Crippen molar-refractivity contribution in [2.45, 2.75) is 6.54 Å². The number of nitrogens with one attached hydrogen (secondary N) is 1. The number of methoxy groups -OCH3 is 1. The Morgan fingerprint density at radius 3 is 2.42 bits per heavy atom. The highest BCUT2D eigenvalue weighted by molar-refractivity contribution is 5.74. The Bertz CT molecular complexity index is 654. The van der Waals surface area contributed by atoms with Crippen LogP contribution in [0.3, 0.4) is 0 Å². The first-order valence-corrected chi connectivity index (χ1v) is 7.94. The molecule has 126 valence electrons. The van der Waals surface area contributed by atoms with Gasteiger partial charge in [-0.3, -0.25) is 0 Å². The molecule has 2 amide bonds. The Labute approximate surface area is 141 Å². The first kappa shape index (κ1) is 16.0. The lowest BCUT2D eigenvalue weighted by molar-refractivity contribution is 0.193.